The van der Waals surface area contributed by atoms with E-state index < -0.39 is 10.0 Å². The summed E-state index contributed by atoms with van der Waals surface area (Å²) in [6, 6.07) is 17.7. The molecule has 1 heterocycles. The molecule has 1 saturated heterocycles. The molecule has 4 rings (SSSR count). The molecule has 0 N–H and O–H groups in total. The van der Waals surface area contributed by atoms with Crippen molar-refractivity contribution >= 4 is 32.5 Å². The van der Waals surface area contributed by atoms with E-state index in [0.717, 1.165) is 22.1 Å². The van der Waals surface area contributed by atoms with Gasteiger partial charge in [-0.1, -0.05) is 36.4 Å². The standard InChI is InChI=1S/C26H28N2O5S/c1-18(21-4-5-23-17-24(33-3)9-6-22(23)16-21)26(30)27-12-14-28(15-13-27)34(31,32)25-10-7-20(8-11-25)19(2)29/h4-11,16-18H,12-15H2,1-3H3/t18-/m0/s1. The number of hydrogen-bond donors (Lipinski definition) is 0. The summed E-state index contributed by atoms with van der Waals surface area (Å²) in [6.45, 7) is 4.44. The Balaban J connectivity index is 1.42. The van der Waals surface area contributed by atoms with Crippen molar-refractivity contribution in [1.29, 1.82) is 0 Å². The second-order valence-electron chi connectivity index (χ2n) is 8.50. The summed E-state index contributed by atoms with van der Waals surface area (Å²) in [7, 11) is -2.05. The van der Waals surface area contributed by atoms with Gasteiger partial charge >= 0.3 is 0 Å². The van der Waals surface area contributed by atoms with Gasteiger partial charge < -0.3 is 9.64 Å². The van der Waals surface area contributed by atoms with Crippen LogP contribution in [0, 0.1) is 0 Å². The molecule has 0 aliphatic carbocycles. The first-order chi connectivity index (χ1) is 16.2. The van der Waals surface area contributed by atoms with E-state index >= 15 is 0 Å². The zero-order chi connectivity index (χ0) is 24.5. The molecule has 1 fully saturated rings. The van der Waals surface area contributed by atoms with Gasteiger partial charge in [0.2, 0.25) is 15.9 Å². The smallest absolute Gasteiger partial charge is 0.243 e. The van der Waals surface area contributed by atoms with Crippen LogP contribution in [0.3, 0.4) is 0 Å². The van der Waals surface area contributed by atoms with Crippen LogP contribution < -0.4 is 4.74 Å². The fraction of sp³-hybridized carbons (Fsp3) is 0.308. The third kappa shape index (κ3) is 4.69. The third-order valence-corrected chi connectivity index (χ3v) is 8.30. The number of ether oxygens (including phenoxy) is 1. The molecule has 0 radical (unpaired) electrons. The van der Waals surface area contributed by atoms with E-state index in [0.29, 0.717) is 18.7 Å². The molecule has 0 unspecified atom stereocenters. The Morgan fingerprint density at radius 3 is 2.12 bits per heavy atom. The summed E-state index contributed by atoms with van der Waals surface area (Å²) in [5, 5.41) is 2.07. The average molecular weight is 481 g/mol. The second-order valence-corrected chi connectivity index (χ2v) is 10.4. The Kier molecular flexibility index (Phi) is 6.72. The molecule has 1 aliphatic heterocycles. The van der Waals surface area contributed by atoms with E-state index in [1.54, 1.807) is 12.0 Å². The van der Waals surface area contributed by atoms with Crippen molar-refractivity contribution in [1.82, 2.24) is 9.21 Å². The number of rotatable bonds is 6. The highest BCUT2D eigenvalue weighted by molar-refractivity contribution is 7.89. The molecule has 3 aromatic rings. The zero-order valence-electron chi connectivity index (χ0n) is 19.5. The Labute approximate surface area is 200 Å². The highest BCUT2D eigenvalue weighted by atomic mass is 32.2. The van der Waals surface area contributed by atoms with Crippen molar-refractivity contribution < 1.29 is 22.7 Å². The van der Waals surface area contributed by atoms with Gasteiger partial charge in [-0.3, -0.25) is 9.59 Å². The average Bonchev–Trinajstić information content (AvgIpc) is 2.87. The minimum absolute atomic E-state index is 0.0179. The van der Waals surface area contributed by atoms with Gasteiger partial charge in [-0.15, -0.1) is 0 Å². The van der Waals surface area contributed by atoms with Crippen molar-refractivity contribution in [2.75, 3.05) is 33.3 Å². The molecule has 0 aromatic heterocycles. The van der Waals surface area contributed by atoms with Gasteiger partial charge in [0.05, 0.1) is 17.9 Å². The molecule has 1 aliphatic rings. The molecule has 0 spiro atoms. The van der Waals surface area contributed by atoms with Gasteiger partial charge in [0.1, 0.15) is 5.75 Å². The normalized spacial score (nSPS) is 15.8. The van der Waals surface area contributed by atoms with Crippen LogP contribution in [0.1, 0.15) is 35.7 Å². The molecule has 34 heavy (non-hydrogen) atoms. The molecule has 178 valence electrons. The van der Waals surface area contributed by atoms with E-state index in [9.17, 15) is 18.0 Å². The lowest BCUT2D eigenvalue weighted by Gasteiger charge is -2.35. The van der Waals surface area contributed by atoms with Gasteiger partial charge in [0.25, 0.3) is 0 Å². The lowest BCUT2D eigenvalue weighted by atomic mass is 9.96. The van der Waals surface area contributed by atoms with Gasteiger partial charge in [-0.25, -0.2) is 8.42 Å². The van der Waals surface area contributed by atoms with E-state index in [1.807, 2.05) is 43.3 Å². The Morgan fingerprint density at radius 1 is 0.882 bits per heavy atom. The molecule has 8 heteroatoms. The second kappa shape index (κ2) is 9.56. The van der Waals surface area contributed by atoms with Crippen LogP contribution >= 0.6 is 0 Å². The summed E-state index contributed by atoms with van der Waals surface area (Å²) in [4.78, 5) is 26.5. The number of Topliss-reactive ketones (excluding diaryl/α,β-unsaturated/α-hetero) is 1. The maximum absolute atomic E-state index is 13.2. The first-order valence-electron chi connectivity index (χ1n) is 11.2. The number of nitrogens with zero attached hydrogens (tertiary/aromatic N) is 2. The zero-order valence-corrected chi connectivity index (χ0v) is 20.3. The Morgan fingerprint density at radius 2 is 1.50 bits per heavy atom. The maximum atomic E-state index is 13.2. The van der Waals surface area contributed by atoms with E-state index in [2.05, 4.69) is 0 Å². The molecular formula is C26H28N2O5S. The number of hydrogen-bond acceptors (Lipinski definition) is 5. The van der Waals surface area contributed by atoms with Crippen molar-refractivity contribution in [2.24, 2.45) is 0 Å². The van der Waals surface area contributed by atoms with Gasteiger partial charge in [0.15, 0.2) is 5.78 Å². The summed E-state index contributed by atoms with van der Waals surface area (Å²) in [5.41, 5.74) is 1.39. The first kappa shape index (κ1) is 23.9. The summed E-state index contributed by atoms with van der Waals surface area (Å²) in [6.07, 6.45) is 0. The predicted molar refractivity (Wildman–Crippen MR) is 131 cm³/mol. The van der Waals surface area contributed by atoms with Crippen LogP contribution in [-0.2, 0) is 14.8 Å². The van der Waals surface area contributed by atoms with Crippen LogP contribution in [0.15, 0.2) is 65.6 Å². The quantitative estimate of drug-likeness (QED) is 0.503. The summed E-state index contributed by atoms with van der Waals surface area (Å²) < 4.78 is 32.7. The number of methoxy groups -OCH3 is 1. The Bertz CT molecular complexity index is 1330. The van der Waals surface area contributed by atoms with E-state index in [4.69, 9.17) is 4.74 Å². The topological polar surface area (TPSA) is 84.0 Å². The number of carbonyl (C=O) groups excluding carboxylic acids is 2. The number of carbonyl (C=O) groups is 2. The number of sulfonamides is 1. The number of benzene rings is 3. The van der Waals surface area contributed by atoms with Gasteiger partial charge in [-0.2, -0.15) is 4.31 Å². The number of piperazine rings is 1. The van der Waals surface area contributed by atoms with Crippen molar-refractivity contribution in [3.63, 3.8) is 0 Å². The minimum Gasteiger partial charge on any atom is -0.497 e. The third-order valence-electron chi connectivity index (χ3n) is 6.39. The van der Waals surface area contributed by atoms with Crippen LogP contribution in [0.4, 0.5) is 0 Å². The molecule has 1 amide bonds. The highest BCUT2D eigenvalue weighted by Crippen LogP contribution is 2.27. The van der Waals surface area contributed by atoms with Crippen molar-refractivity contribution in [3.8, 4) is 5.75 Å². The van der Waals surface area contributed by atoms with Gasteiger partial charge in [-0.05, 0) is 54.4 Å². The van der Waals surface area contributed by atoms with Crippen LogP contribution in [0.2, 0.25) is 0 Å². The van der Waals surface area contributed by atoms with Crippen molar-refractivity contribution in [3.05, 3.63) is 71.8 Å². The maximum Gasteiger partial charge on any atom is 0.243 e. The minimum atomic E-state index is -3.68. The molecule has 0 bridgehead atoms. The predicted octanol–water partition coefficient (Wildman–Crippen LogP) is 3.69. The lowest BCUT2D eigenvalue weighted by molar-refractivity contribution is -0.133. The molecule has 0 saturated carbocycles. The monoisotopic (exact) mass is 480 g/mol. The number of amides is 1. The summed E-state index contributed by atoms with van der Waals surface area (Å²) in [5.74, 6) is 0.313. The number of ketones is 1. The highest BCUT2D eigenvalue weighted by Gasteiger charge is 2.32. The van der Waals surface area contributed by atoms with Crippen LogP contribution in [-0.4, -0.2) is 62.6 Å². The summed E-state index contributed by atoms with van der Waals surface area (Å²) >= 11 is 0. The molecular weight excluding hydrogens is 452 g/mol. The first-order valence-corrected chi connectivity index (χ1v) is 12.6. The molecule has 7 nitrogen and oxygen atoms in total. The molecule has 3 aromatic carbocycles. The fourth-order valence-electron chi connectivity index (χ4n) is 4.21. The van der Waals surface area contributed by atoms with Crippen molar-refractivity contribution in [2.45, 2.75) is 24.7 Å². The SMILES string of the molecule is COc1ccc2cc([C@H](C)C(=O)N3CCN(S(=O)(=O)c4ccc(C(C)=O)cc4)CC3)ccc2c1. The van der Waals surface area contributed by atoms with E-state index in [-0.39, 0.29) is 35.6 Å². The van der Waals surface area contributed by atoms with E-state index in [1.165, 1.54) is 35.5 Å². The van der Waals surface area contributed by atoms with Gasteiger partial charge in [0, 0.05) is 31.7 Å². The number of fused-ring (bicyclic) bond motifs is 1. The van der Waals surface area contributed by atoms with Crippen LogP contribution in [0.25, 0.3) is 10.8 Å². The Hall–Kier alpha value is -3.23. The van der Waals surface area contributed by atoms with Crippen LogP contribution in [0.5, 0.6) is 5.75 Å². The fourth-order valence-corrected chi connectivity index (χ4v) is 5.64. The lowest BCUT2D eigenvalue weighted by Crippen LogP contribution is -2.51. The molecule has 1 atom stereocenters. The largest absolute Gasteiger partial charge is 0.497 e.